The van der Waals surface area contributed by atoms with Gasteiger partial charge in [0.15, 0.2) is 0 Å². The zero-order chi connectivity index (χ0) is 20.5. The lowest BCUT2D eigenvalue weighted by Gasteiger charge is -2.28. The Morgan fingerprint density at radius 3 is 2.54 bits per heavy atom. The fraction of sp³-hybridized carbons (Fsp3) is 0.700. The number of hydrogen-bond acceptors (Lipinski definition) is 4. The van der Waals surface area contributed by atoms with Crippen molar-refractivity contribution in [3.05, 3.63) is 28.7 Å². The van der Waals surface area contributed by atoms with Crippen LogP contribution in [0, 0.1) is 17.8 Å². The molecule has 2 saturated carbocycles. The number of nitrogens with zero attached hydrogens (tertiary/aromatic N) is 2. The van der Waals surface area contributed by atoms with Crippen LogP contribution in [-0.4, -0.2) is 42.3 Å². The van der Waals surface area contributed by atoms with Gasteiger partial charge in [-0.05, 0) is 50.0 Å². The predicted octanol–water partition coefficient (Wildman–Crippen LogP) is 1.82. The summed E-state index contributed by atoms with van der Waals surface area (Å²) in [6.07, 6.45) is 6.28. The molecule has 2 fully saturated rings. The topological polar surface area (TPSA) is 88.5 Å². The zero-order valence-electron chi connectivity index (χ0n) is 16.9. The Bertz CT molecular complexity index is 876. The van der Waals surface area contributed by atoms with Gasteiger partial charge in [0.25, 0.3) is 5.56 Å². The van der Waals surface area contributed by atoms with Crippen molar-refractivity contribution >= 4 is 15.9 Å². The average molecular weight is 410 g/mol. The van der Waals surface area contributed by atoms with Gasteiger partial charge in [-0.1, -0.05) is 20.3 Å². The van der Waals surface area contributed by atoms with E-state index in [1.807, 2.05) is 6.92 Å². The molecule has 1 amide bonds. The summed E-state index contributed by atoms with van der Waals surface area (Å²) in [5, 5.41) is 3.03. The molecular formula is C20H31N3O4S. The van der Waals surface area contributed by atoms with Gasteiger partial charge < -0.3 is 9.88 Å². The average Bonchev–Trinajstić information content (AvgIpc) is 3.27. The van der Waals surface area contributed by atoms with Gasteiger partial charge in [0, 0.05) is 31.4 Å². The van der Waals surface area contributed by atoms with Crippen molar-refractivity contribution < 1.29 is 13.2 Å². The second kappa shape index (κ2) is 8.37. The number of amides is 1. The fourth-order valence-electron chi connectivity index (χ4n) is 4.97. The van der Waals surface area contributed by atoms with Gasteiger partial charge in [0.2, 0.25) is 15.9 Å². The van der Waals surface area contributed by atoms with Crippen LogP contribution in [0.5, 0.6) is 0 Å². The van der Waals surface area contributed by atoms with Crippen LogP contribution < -0.4 is 10.9 Å². The molecule has 0 saturated heterocycles. The number of fused-ring (bicyclic) bond motifs is 2. The zero-order valence-corrected chi connectivity index (χ0v) is 17.7. The molecule has 7 nitrogen and oxygen atoms in total. The highest BCUT2D eigenvalue weighted by atomic mass is 32.2. The number of rotatable bonds is 8. The first-order valence-electron chi connectivity index (χ1n) is 10.3. The van der Waals surface area contributed by atoms with Crippen LogP contribution in [0.15, 0.2) is 28.0 Å². The summed E-state index contributed by atoms with van der Waals surface area (Å²) in [6, 6.07) is 2.59. The first kappa shape index (κ1) is 21.0. The second-order valence-corrected chi connectivity index (χ2v) is 10.1. The third kappa shape index (κ3) is 4.17. The fourth-order valence-corrected chi connectivity index (χ4v) is 6.44. The number of pyridine rings is 1. The van der Waals surface area contributed by atoms with Crippen LogP contribution in [0.3, 0.4) is 0 Å². The standard InChI is InChI=1S/C20H31N3O4S/c1-4-23(5-2)28(26,27)17-8-9-20(25)22(12-17)13-19(24)21-14(3)18-11-15-6-7-16(18)10-15/h8-9,12,14-16,18H,4-7,10-11,13H2,1-3H3,(H,21,24). The van der Waals surface area contributed by atoms with Crippen molar-refractivity contribution in [1.29, 1.82) is 0 Å². The minimum absolute atomic E-state index is 0.0322. The van der Waals surface area contributed by atoms with E-state index in [9.17, 15) is 18.0 Å². The molecule has 1 aromatic heterocycles. The quantitative estimate of drug-likeness (QED) is 0.709. The third-order valence-corrected chi connectivity index (χ3v) is 8.47. The highest BCUT2D eigenvalue weighted by molar-refractivity contribution is 7.89. The Morgan fingerprint density at radius 2 is 1.96 bits per heavy atom. The lowest BCUT2D eigenvalue weighted by atomic mass is 9.84. The van der Waals surface area contributed by atoms with E-state index in [4.69, 9.17) is 0 Å². The largest absolute Gasteiger partial charge is 0.352 e. The van der Waals surface area contributed by atoms with Gasteiger partial charge in [-0.25, -0.2) is 8.42 Å². The minimum Gasteiger partial charge on any atom is -0.352 e. The highest BCUT2D eigenvalue weighted by Gasteiger charge is 2.42. The Balaban J connectivity index is 1.70. The number of hydrogen-bond donors (Lipinski definition) is 1. The molecule has 3 rings (SSSR count). The van der Waals surface area contributed by atoms with Crippen molar-refractivity contribution in [2.75, 3.05) is 13.1 Å². The smallest absolute Gasteiger partial charge is 0.251 e. The van der Waals surface area contributed by atoms with E-state index >= 15 is 0 Å². The van der Waals surface area contributed by atoms with Gasteiger partial charge in [-0.3, -0.25) is 9.59 Å². The summed E-state index contributed by atoms with van der Waals surface area (Å²) in [5.74, 6) is 1.76. The summed E-state index contributed by atoms with van der Waals surface area (Å²) in [5.41, 5.74) is -0.388. The molecule has 1 N–H and O–H groups in total. The van der Waals surface area contributed by atoms with Crippen LogP contribution in [0.2, 0.25) is 0 Å². The Morgan fingerprint density at radius 1 is 1.25 bits per heavy atom. The highest BCUT2D eigenvalue weighted by Crippen LogP contribution is 2.49. The Hall–Kier alpha value is -1.67. The van der Waals surface area contributed by atoms with Crippen LogP contribution in [0.1, 0.15) is 46.5 Å². The van der Waals surface area contributed by atoms with Gasteiger partial charge in [0.05, 0.1) is 4.90 Å². The molecule has 2 aliphatic rings. The van der Waals surface area contributed by atoms with E-state index in [-0.39, 0.29) is 28.9 Å². The number of aromatic nitrogens is 1. The van der Waals surface area contributed by atoms with Crippen molar-refractivity contribution in [1.82, 2.24) is 14.2 Å². The summed E-state index contributed by atoms with van der Waals surface area (Å²) in [7, 11) is -3.68. The summed E-state index contributed by atoms with van der Waals surface area (Å²) < 4.78 is 27.9. The molecule has 156 valence electrons. The van der Waals surface area contributed by atoms with Gasteiger partial charge >= 0.3 is 0 Å². The van der Waals surface area contributed by atoms with Gasteiger partial charge in [-0.2, -0.15) is 4.31 Å². The molecule has 4 atom stereocenters. The Labute approximate surface area is 167 Å². The number of nitrogens with one attached hydrogen (secondary N) is 1. The molecule has 0 aromatic carbocycles. The summed E-state index contributed by atoms with van der Waals surface area (Å²) in [4.78, 5) is 24.7. The summed E-state index contributed by atoms with van der Waals surface area (Å²) in [6.45, 7) is 6.08. The molecule has 4 unspecified atom stereocenters. The molecule has 1 heterocycles. The lowest BCUT2D eigenvalue weighted by molar-refractivity contribution is -0.122. The Kier molecular flexibility index (Phi) is 6.29. The van der Waals surface area contributed by atoms with E-state index in [0.717, 1.165) is 5.92 Å². The monoisotopic (exact) mass is 409 g/mol. The molecule has 2 bridgehead atoms. The molecule has 2 aliphatic carbocycles. The summed E-state index contributed by atoms with van der Waals surface area (Å²) >= 11 is 0. The van der Waals surface area contributed by atoms with E-state index in [0.29, 0.717) is 24.9 Å². The van der Waals surface area contributed by atoms with Crippen LogP contribution in [-0.2, 0) is 21.4 Å². The molecular weight excluding hydrogens is 378 g/mol. The lowest BCUT2D eigenvalue weighted by Crippen LogP contribution is -2.42. The van der Waals surface area contributed by atoms with E-state index in [2.05, 4.69) is 5.32 Å². The van der Waals surface area contributed by atoms with Crippen molar-refractivity contribution in [3.63, 3.8) is 0 Å². The molecule has 8 heteroatoms. The first-order chi connectivity index (χ1) is 13.3. The first-order valence-corrected chi connectivity index (χ1v) is 11.7. The maximum absolute atomic E-state index is 12.7. The molecule has 0 spiro atoms. The number of carbonyl (C=O) groups excluding carboxylic acids is 1. The molecule has 0 radical (unpaired) electrons. The van der Waals surface area contributed by atoms with Crippen molar-refractivity contribution in [2.24, 2.45) is 17.8 Å². The van der Waals surface area contributed by atoms with Crippen LogP contribution in [0.4, 0.5) is 0 Å². The van der Waals surface area contributed by atoms with Crippen LogP contribution >= 0.6 is 0 Å². The van der Waals surface area contributed by atoms with Gasteiger partial charge in [-0.15, -0.1) is 0 Å². The van der Waals surface area contributed by atoms with E-state index in [1.165, 1.54) is 52.9 Å². The maximum atomic E-state index is 12.7. The normalized spacial score (nSPS) is 25.2. The molecule has 28 heavy (non-hydrogen) atoms. The van der Waals surface area contributed by atoms with Crippen LogP contribution in [0.25, 0.3) is 0 Å². The number of carbonyl (C=O) groups is 1. The van der Waals surface area contributed by atoms with E-state index in [1.54, 1.807) is 13.8 Å². The minimum atomic E-state index is -3.68. The predicted molar refractivity (Wildman–Crippen MR) is 107 cm³/mol. The number of sulfonamides is 1. The third-order valence-electron chi connectivity index (χ3n) is 6.44. The van der Waals surface area contributed by atoms with Crippen molar-refractivity contribution in [3.8, 4) is 0 Å². The van der Waals surface area contributed by atoms with Gasteiger partial charge in [0.1, 0.15) is 6.54 Å². The molecule has 0 aliphatic heterocycles. The SMILES string of the molecule is CCN(CC)S(=O)(=O)c1ccc(=O)n(CC(=O)NC(C)C2CC3CCC2C3)c1. The second-order valence-electron chi connectivity index (χ2n) is 8.12. The van der Waals surface area contributed by atoms with E-state index < -0.39 is 10.0 Å². The maximum Gasteiger partial charge on any atom is 0.251 e. The van der Waals surface area contributed by atoms with Crippen molar-refractivity contribution in [2.45, 2.75) is 63.9 Å². The molecule has 1 aromatic rings.